The van der Waals surface area contributed by atoms with Crippen molar-refractivity contribution in [2.24, 2.45) is 0 Å². The molecule has 122 valence electrons. The van der Waals surface area contributed by atoms with Crippen LogP contribution in [0.2, 0.25) is 0 Å². The molecule has 0 amide bonds. The standard InChI is InChI=1S/C16H10F3N3OS/c17-16(18,19)15-20-11-4-1-2-5-12(11)22(15)9-10-8-13(23-21-10)14-6-3-7-24-14/h1-8H,9H2. The molecule has 4 aromatic rings. The van der Waals surface area contributed by atoms with Crippen molar-refractivity contribution in [2.45, 2.75) is 12.7 Å². The van der Waals surface area contributed by atoms with E-state index in [4.69, 9.17) is 4.52 Å². The Bertz CT molecular complexity index is 986. The second kappa shape index (κ2) is 5.48. The highest BCUT2D eigenvalue weighted by Gasteiger charge is 2.37. The summed E-state index contributed by atoms with van der Waals surface area (Å²) in [6, 6.07) is 11.9. The molecule has 0 aliphatic heterocycles. The number of imidazole rings is 1. The number of alkyl halides is 3. The molecular weight excluding hydrogens is 339 g/mol. The van der Waals surface area contributed by atoms with Crippen molar-refractivity contribution in [1.29, 1.82) is 0 Å². The zero-order chi connectivity index (χ0) is 16.7. The SMILES string of the molecule is FC(F)(F)c1nc2ccccc2n1Cc1cc(-c2cccs2)on1. The van der Waals surface area contributed by atoms with Crippen molar-refractivity contribution in [1.82, 2.24) is 14.7 Å². The lowest BCUT2D eigenvalue weighted by Gasteiger charge is -2.09. The number of hydrogen-bond acceptors (Lipinski definition) is 4. The first-order valence-electron chi connectivity index (χ1n) is 7.04. The number of rotatable bonds is 3. The fourth-order valence-corrected chi connectivity index (χ4v) is 3.21. The smallest absolute Gasteiger partial charge is 0.355 e. The average molecular weight is 349 g/mol. The third-order valence-electron chi connectivity index (χ3n) is 3.55. The summed E-state index contributed by atoms with van der Waals surface area (Å²) in [6.07, 6.45) is -4.54. The van der Waals surface area contributed by atoms with Gasteiger partial charge in [0.15, 0.2) is 5.76 Å². The van der Waals surface area contributed by atoms with Crippen LogP contribution in [0.15, 0.2) is 52.4 Å². The van der Waals surface area contributed by atoms with Crippen molar-refractivity contribution in [3.63, 3.8) is 0 Å². The Balaban J connectivity index is 1.77. The van der Waals surface area contributed by atoms with E-state index in [2.05, 4.69) is 10.1 Å². The van der Waals surface area contributed by atoms with E-state index in [-0.39, 0.29) is 6.54 Å². The van der Waals surface area contributed by atoms with E-state index in [0.29, 0.717) is 22.5 Å². The zero-order valence-electron chi connectivity index (χ0n) is 12.1. The molecule has 4 rings (SSSR count). The second-order valence-corrected chi connectivity index (χ2v) is 6.12. The Labute approximate surface area is 138 Å². The van der Waals surface area contributed by atoms with Gasteiger partial charge in [-0.2, -0.15) is 13.2 Å². The van der Waals surface area contributed by atoms with Crippen LogP contribution < -0.4 is 0 Å². The number of hydrogen-bond donors (Lipinski definition) is 0. The van der Waals surface area contributed by atoms with E-state index in [1.807, 2.05) is 17.5 Å². The molecule has 0 N–H and O–H groups in total. The zero-order valence-corrected chi connectivity index (χ0v) is 12.9. The van der Waals surface area contributed by atoms with Gasteiger partial charge in [0.1, 0.15) is 5.69 Å². The fraction of sp³-hybridized carbons (Fsp3) is 0.125. The Morgan fingerprint density at radius 3 is 2.71 bits per heavy atom. The Hall–Kier alpha value is -2.61. The lowest BCUT2D eigenvalue weighted by molar-refractivity contribution is -0.146. The number of fused-ring (bicyclic) bond motifs is 1. The molecule has 4 nitrogen and oxygen atoms in total. The number of aromatic nitrogens is 3. The molecule has 0 saturated heterocycles. The van der Waals surface area contributed by atoms with E-state index in [1.54, 1.807) is 30.3 Å². The van der Waals surface area contributed by atoms with Crippen LogP contribution >= 0.6 is 11.3 Å². The largest absolute Gasteiger partial charge is 0.449 e. The number of nitrogens with zero attached hydrogens (tertiary/aromatic N) is 3. The highest BCUT2D eigenvalue weighted by Crippen LogP contribution is 2.32. The maximum absolute atomic E-state index is 13.3. The molecule has 3 aromatic heterocycles. The first-order valence-corrected chi connectivity index (χ1v) is 7.92. The molecule has 0 atom stereocenters. The van der Waals surface area contributed by atoms with Crippen LogP contribution in [0.1, 0.15) is 11.5 Å². The van der Waals surface area contributed by atoms with Crippen LogP contribution in [0.5, 0.6) is 0 Å². The fourth-order valence-electron chi connectivity index (χ4n) is 2.54. The lowest BCUT2D eigenvalue weighted by Crippen LogP contribution is -2.15. The van der Waals surface area contributed by atoms with Crippen molar-refractivity contribution in [3.8, 4) is 10.6 Å². The van der Waals surface area contributed by atoms with Gasteiger partial charge in [-0.3, -0.25) is 0 Å². The van der Waals surface area contributed by atoms with E-state index >= 15 is 0 Å². The van der Waals surface area contributed by atoms with Gasteiger partial charge in [0.25, 0.3) is 0 Å². The highest BCUT2D eigenvalue weighted by atomic mass is 32.1. The van der Waals surface area contributed by atoms with Crippen LogP contribution in [-0.4, -0.2) is 14.7 Å². The van der Waals surface area contributed by atoms with Crippen molar-refractivity contribution in [3.05, 3.63) is 59.4 Å². The van der Waals surface area contributed by atoms with Crippen LogP contribution in [-0.2, 0) is 12.7 Å². The van der Waals surface area contributed by atoms with Gasteiger partial charge in [0.2, 0.25) is 5.82 Å². The molecule has 0 bridgehead atoms. The molecule has 0 aliphatic rings. The van der Waals surface area contributed by atoms with Gasteiger partial charge in [0.05, 0.1) is 22.5 Å². The van der Waals surface area contributed by atoms with Crippen molar-refractivity contribution < 1.29 is 17.7 Å². The summed E-state index contributed by atoms with van der Waals surface area (Å²) in [5, 5.41) is 5.78. The highest BCUT2D eigenvalue weighted by molar-refractivity contribution is 7.13. The van der Waals surface area contributed by atoms with E-state index in [1.165, 1.54) is 11.3 Å². The number of halogens is 3. The van der Waals surface area contributed by atoms with Gasteiger partial charge in [0, 0.05) is 6.07 Å². The summed E-state index contributed by atoms with van der Waals surface area (Å²) in [5.74, 6) is -0.401. The van der Waals surface area contributed by atoms with Crippen molar-refractivity contribution >= 4 is 22.4 Å². The van der Waals surface area contributed by atoms with Gasteiger partial charge < -0.3 is 9.09 Å². The monoisotopic (exact) mass is 349 g/mol. The third kappa shape index (κ3) is 2.58. The first kappa shape index (κ1) is 14.9. The third-order valence-corrected chi connectivity index (χ3v) is 4.44. The molecule has 8 heteroatoms. The minimum atomic E-state index is -4.54. The quantitative estimate of drug-likeness (QED) is 0.533. The predicted molar refractivity (Wildman–Crippen MR) is 83.7 cm³/mol. The summed E-state index contributed by atoms with van der Waals surface area (Å²) in [5.41, 5.74) is 1.12. The summed E-state index contributed by atoms with van der Waals surface area (Å²) in [7, 11) is 0. The second-order valence-electron chi connectivity index (χ2n) is 5.17. The Morgan fingerprint density at radius 1 is 1.12 bits per heavy atom. The molecular formula is C16H10F3N3OS. The average Bonchev–Trinajstić information content (AvgIpc) is 3.26. The van der Waals surface area contributed by atoms with Gasteiger partial charge in [-0.05, 0) is 23.6 Å². The summed E-state index contributed by atoms with van der Waals surface area (Å²) in [4.78, 5) is 4.59. The molecule has 0 saturated carbocycles. The number of thiophene rings is 1. The summed E-state index contributed by atoms with van der Waals surface area (Å²) < 4.78 is 46.2. The van der Waals surface area contributed by atoms with Gasteiger partial charge >= 0.3 is 6.18 Å². The summed E-state index contributed by atoms with van der Waals surface area (Å²) in [6.45, 7) is -0.0652. The number of benzene rings is 1. The molecule has 0 unspecified atom stereocenters. The van der Waals surface area contributed by atoms with E-state index < -0.39 is 12.0 Å². The lowest BCUT2D eigenvalue weighted by atomic mass is 10.3. The van der Waals surface area contributed by atoms with Crippen LogP contribution in [0.3, 0.4) is 0 Å². The number of para-hydroxylation sites is 2. The molecule has 0 radical (unpaired) electrons. The minimum Gasteiger partial charge on any atom is -0.355 e. The molecule has 0 fully saturated rings. The molecule has 0 aliphatic carbocycles. The van der Waals surface area contributed by atoms with Gasteiger partial charge in [-0.1, -0.05) is 23.4 Å². The van der Waals surface area contributed by atoms with Crippen molar-refractivity contribution in [2.75, 3.05) is 0 Å². The minimum absolute atomic E-state index is 0.0652. The van der Waals surface area contributed by atoms with Gasteiger partial charge in [-0.25, -0.2) is 4.98 Å². The van der Waals surface area contributed by atoms with Crippen LogP contribution in [0, 0.1) is 0 Å². The maximum Gasteiger partial charge on any atom is 0.449 e. The van der Waals surface area contributed by atoms with E-state index in [9.17, 15) is 13.2 Å². The molecule has 24 heavy (non-hydrogen) atoms. The predicted octanol–water partition coefficient (Wildman–Crippen LogP) is 4.82. The topological polar surface area (TPSA) is 43.9 Å². The molecule has 0 spiro atoms. The van der Waals surface area contributed by atoms with Crippen LogP contribution in [0.25, 0.3) is 21.7 Å². The van der Waals surface area contributed by atoms with Crippen LogP contribution in [0.4, 0.5) is 13.2 Å². The normalized spacial score (nSPS) is 12.1. The molecule has 1 aromatic carbocycles. The van der Waals surface area contributed by atoms with Gasteiger partial charge in [-0.15, -0.1) is 11.3 Å². The maximum atomic E-state index is 13.3. The first-order chi connectivity index (χ1) is 11.5. The van der Waals surface area contributed by atoms with E-state index in [0.717, 1.165) is 9.44 Å². The Kier molecular flexibility index (Phi) is 3.42. The Morgan fingerprint density at radius 2 is 1.96 bits per heavy atom. The molecule has 3 heterocycles. The summed E-state index contributed by atoms with van der Waals surface area (Å²) >= 11 is 1.47.